The van der Waals surface area contributed by atoms with Crippen molar-refractivity contribution in [2.75, 3.05) is 44.3 Å². The highest BCUT2D eigenvalue weighted by Gasteiger charge is 2.36. The number of hydrogen-bond donors (Lipinski definition) is 23. The molecule has 11 amide bonds. The lowest BCUT2D eigenvalue weighted by molar-refractivity contribution is -0.138. The van der Waals surface area contributed by atoms with Gasteiger partial charge in [-0.25, -0.2) is 0 Å². The standard InChI is InChI=1S/C64H88N18O15S2/c1-36(53(88)81-49(34-98)62(97)77-44(54(89)72-32-52(86)87)30-40-21-23-41(84)24-22-40)73-60(95)48(33-83)80-56(91)43(20-12-26-71-64(68)69)75-58(93)46(28-38-15-7-3-8-16-38)79-59(94)47(29-39-17-9-4-10-18-39)78-55(90)42(19-11-25-70-63(66)67)76-61(96)50(35-99)82-57(92)45(74-51(85)31-65)27-37-13-5-2-6-14-37/h2-10,13-18,21-24,36,42-50,83-84,98-99H,11-12,19-20,25-35,65H2,1H3,(H,72,89)(H,73,95)(H,74,85)(H,75,93)(H,76,96)(H,77,97)(H,78,90)(H,79,94)(H,80,91)(H,81,88)(H,82,92)(H,86,87)(H4,66,67,70)(H4,68,69,71)/t36-,42-,43-,44-,45-,46-,47-,48-,49-,50-/m0/s1. The van der Waals surface area contributed by atoms with Gasteiger partial charge in [0.25, 0.3) is 0 Å². The minimum Gasteiger partial charge on any atom is -0.508 e. The number of guanidine groups is 2. The number of aromatic hydroxyl groups is 1. The van der Waals surface area contributed by atoms with Gasteiger partial charge in [-0.2, -0.15) is 25.3 Å². The zero-order valence-corrected chi connectivity index (χ0v) is 56.0. The van der Waals surface area contributed by atoms with Crippen molar-refractivity contribution in [3.63, 3.8) is 0 Å². The lowest BCUT2D eigenvalue weighted by Crippen LogP contribution is -2.61. The summed E-state index contributed by atoms with van der Waals surface area (Å²) in [6.07, 6.45) is -0.746. The van der Waals surface area contributed by atoms with E-state index in [9.17, 15) is 67.7 Å². The second-order valence-corrected chi connectivity index (χ2v) is 23.3. The maximum Gasteiger partial charge on any atom is 0.322 e. The molecule has 4 aromatic carbocycles. The minimum absolute atomic E-state index is 0.00157. The lowest BCUT2D eigenvalue weighted by Gasteiger charge is -2.28. The van der Waals surface area contributed by atoms with Crippen LogP contribution in [0.25, 0.3) is 0 Å². The van der Waals surface area contributed by atoms with E-state index < -0.39 is 157 Å². The highest BCUT2D eigenvalue weighted by molar-refractivity contribution is 7.80. The number of nitrogens with two attached hydrogens (primary N) is 3. The van der Waals surface area contributed by atoms with Crippen LogP contribution in [0.15, 0.2) is 115 Å². The number of hydrogen-bond acceptors (Lipinski definition) is 19. The number of phenolic OH excluding ortho intramolecular Hbond substituents is 1. The molecule has 0 radical (unpaired) electrons. The first kappa shape index (κ1) is 80.9. The summed E-state index contributed by atoms with van der Waals surface area (Å²) in [5, 5.41) is 77.4. The number of phenols is 1. The van der Waals surface area contributed by atoms with Gasteiger partial charge in [-0.1, -0.05) is 103 Å². The molecule has 0 spiro atoms. The molecule has 0 aliphatic carbocycles. The van der Waals surface area contributed by atoms with Crippen LogP contribution < -0.4 is 86.3 Å². The molecule has 0 bridgehead atoms. The van der Waals surface area contributed by atoms with E-state index in [0.717, 1.165) is 0 Å². The number of aliphatic carboxylic acids is 1. The van der Waals surface area contributed by atoms with E-state index >= 15 is 0 Å². The second kappa shape index (κ2) is 42.9. The van der Waals surface area contributed by atoms with Crippen molar-refractivity contribution in [2.45, 2.75) is 119 Å². The number of carbonyl (C=O) groups is 12. The van der Waals surface area contributed by atoms with E-state index in [1.165, 1.54) is 31.2 Å². The Hall–Kier alpha value is -10.5. The van der Waals surface area contributed by atoms with E-state index in [0.29, 0.717) is 22.3 Å². The molecule has 0 saturated carbocycles. The SMILES string of the molecule is C[C@H](NC(=O)[C@H](CO)NC(=O)[C@H](CCCNC(=N)N)NC(=O)[C@H](Cc1ccccc1)NC(=O)[C@H](Cc1ccccc1)NC(=O)[C@H](CCCNC(=N)N)NC(=O)[C@H](CS)NC(=O)[C@H](Cc1ccccc1)NC(=O)CN)C(=O)N[C@@H](CS)C(=O)N[C@@H](Cc1ccc(O)cc1)C(=O)NCC(=O)O. The van der Waals surface area contributed by atoms with E-state index in [4.69, 9.17) is 33.1 Å². The topological polar surface area (TPSA) is 548 Å². The molecule has 4 aromatic rings. The minimum atomic E-state index is -1.80. The molecule has 0 fully saturated rings. The van der Waals surface area contributed by atoms with Crippen molar-refractivity contribution in [3.05, 3.63) is 138 Å². The van der Waals surface area contributed by atoms with Crippen molar-refractivity contribution in [1.29, 1.82) is 10.8 Å². The average Bonchev–Trinajstić information content (AvgIpc) is 0.905. The fraction of sp³-hybridized carbons (Fsp3) is 0.406. The van der Waals surface area contributed by atoms with Gasteiger partial charge in [-0.3, -0.25) is 68.4 Å². The van der Waals surface area contributed by atoms with Gasteiger partial charge in [0, 0.05) is 50.3 Å². The first-order valence-electron chi connectivity index (χ1n) is 31.3. The Morgan fingerprint density at radius 2 is 0.727 bits per heavy atom. The third kappa shape index (κ3) is 29.8. The van der Waals surface area contributed by atoms with Crippen LogP contribution in [0.4, 0.5) is 0 Å². The Bertz CT molecular complexity index is 3390. The first-order valence-corrected chi connectivity index (χ1v) is 32.6. The normalized spacial score (nSPS) is 13.8. The number of rotatable bonds is 42. The van der Waals surface area contributed by atoms with Crippen molar-refractivity contribution < 1.29 is 72.9 Å². The summed E-state index contributed by atoms with van der Waals surface area (Å²) in [6.45, 7) is -1.01. The lowest BCUT2D eigenvalue weighted by atomic mass is 10.0. The third-order valence-corrected chi connectivity index (χ3v) is 15.5. The summed E-state index contributed by atoms with van der Waals surface area (Å²) >= 11 is 8.48. The third-order valence-electron chi connectivity index (χ3n) is 14.8. The summed E-state index contributed by atoms with van der Waals surface area (Å²) in [5.41, 5.74) is 18.8. The van der Waals surface area contributed by atoms with Gasteiger partial charge in [-0.05, 0) is 67.0 Å². The summed E-state index contributed by atoms with van der Waals surface area (Å²) in [5.74, 6) is -12.9. The predicted octanol–water partition coefficient (Wildman–Crippen LogP) is -4.93. The van der Waals surface area contributed by atoms with Gasteiger partial charge in [0.1, 0.15) is 72.7 Å². The molecule has 99 heavy (non-hydrogen) atoms. The molecular weight excluding hydrogens is 1320 g/mol. The molecule has 0 aliphatic heterocycles. The van der Waals surface area contributed by atoms with Gasteiger partial charge in [0.15, 0.2) is 11.9 Å². The van der Waals surface area contributed by atoms with Crippen molar-refractivity contribution in [2.24, 2.45) is 17.2 Å². The molecule has 0 unspecified atom stereocenters. The molecule has 4 rings (SSSR count). The van der Waals surface area contributed by atoms with Crippen molar-refractivity contribution in [3.8, 4) is 5.75 Å². The Balaban J connectivity index is 1.58. The smallest absolute Gasteiger partial charge is 0.322 e. The molecule has 10 atom stereocenters. The molecule has 0 aliphatic rings. The molecule has 35 heteroatoms. The number of carboxylic acid groups (broad SMARTS) is 1. The quantitative estimate of drug-likeness (QED) is 0.00855. The summed E-state index contributed by atoms with van der Waals surface area (Å²) < 4.78 is 0. The van der Waals surface area contributed by atoms with Crippen molar-refractivity contribution in [1.82, 2.24) is 69.1 Å². The van der Waals surface area contributed by atoms with Crippen LogP contribution in [0.3, 0.4) is 0 Å². The predicted molar refractivity (Wildman–Crippen MR) is 370 cm³/mol. The molecule has 0 saturated heterocycles. The van der Waals surface area contributed by atoms with Crippen LogP contribution in [0.2, 0.25) is 0 Å². The van der Waals surface area contributed by atoms with Crippen LogP contribution in [-0.4, -0.2) is 203 Å². The van der Waals surface area contributed by atoms with Crippen LogP contribution in [-0.2, 0) is 83.2 Å². The number of amides is 11. The number of nitrogens with one attached hydrogen (secondary N) is 15. The fourth-order valence-corrected chi connectivity index (χ4v) is 10.1. The largest absolute Gasteiger partial charge is 0.508 e. The molecule has 536 valence electrons. The highest BCUT2D eigenvalue weighted by Crippen LogP contribution is 2.14. The Morgan fingerprint density at radius 3 is 1.09 bits per heavy atom. The zero-order valence-electron chi connectivity index (χ0n) is 54.2. The molecule has 33 nitrogen and oxygen atoms in total. The van der Waals surface area contributed by atoms with E-state index in [1.807, 2.05) is 0 Å². The van der Waals surface area contributed by atoms with Gasteiger partial charge in [-0.15, -0.1) is 0 Å². The number of aliphatic hydroxyl groups is 1. The van der Waals surface area contributed by atoms with E-state index in [2.05, 4.69) is 94.4 Å². The number of aliphatic hydroxyl groups excluding tert-OH is 1. The highest BCUT2D eigenvalue weighted by atomic mass is 32.1. The fourth-order valence-electron chi connectivity index (χ4n) is 9.55. The molecule has 24 N–H and O–H groups in total. The van der Waals surface area contributed by atoms with Gasteiger partial charge < -0.3 is 102 Å². The average molecular weight is 1410 g/mol. The summed E-state index contributed by atoms with van der Waals surface area (Å²) in [6, 6.07) is 16.4. The number of benzene rings is 4. The molecular formula is C64H88N18O15S2. The Labute approximate surface area is 581 Å². The maximum atomic E-state index is 14.9. The van der Waals surface area contributed by atoms with Crippen LogP contribution in [0, 0.1) is 10.8 Å². The Kier molecular flexibility index (Phi) is 35.1. The monoisotopic (exact) mass is 1410 g/mol. The van der Waals surface area contributed by atoms with Crippen LogP contribution in [0.5, 0.6) is 5.75 Å². The van der Waals surface area contributed by atoms with Gasteiger partial charge in [0.05, 0.1) is 13.2 Å². The first-order chi connectivity index (χ1) is 47.2. The van der Waals surface area contributed by atoms with Crippen LogP contribution in [0.1, 0.15) is 54.9 Å². The van der Waals surface area contributed by atoms with Crippen LogP contribution >= 0.6 is 25.3 Å². The number of thiol groups is 2. The van der Waals surface area contributed by atoms with Crippen molar-refractivity contribution >= 4 is 108 Å². The second-order valence-electron chi connectivity index (χ2n) is 22.6. The molecule has 0 heterocycles. The molecule has 0 aromatic heterocycles. The van der Waals surface area contributed by atoms with E-state index in [-0.39, 0.29) is 87.7 Å². The Morgan fingerprint density at radius 1 is 0.414 bits per heavy atom. The summed E-state index contributed by atoms with van der Waals surface area (Å²) in [7, 11) is 0. The maximum absolute atomic E-state index is 14.9. The van der Waals surface area contributed by atoms with Gasteiger partial charge >= 0.3 is 5.97 Å². The summed E-state index contributed by atoms with van der Waals surface area (Å²) in [4.78, 5) is 164. The van der Waals surface area contributed by atoms with E-state index in [1.54, 1.807) is 91.0 Å². The zero-order chi connectivity index (χ0) is 73.0. The number of carbonyl (C=O) groups excluding carboxylic acids is 11. The number of carboxylic acids is 1. The van der Waals surface area contributed by atoms with Gasteiger partial charge in [0.2, 0.25) is 65.0 Å².